The van der Waals surface area contributed by atoms with Crippen molar-refractivity contribution in [2.75, 3.05) is 17.2 Å². The van der Waals surface area contributed by atoms with Crippen LogP contribution in [0.2, 0.25) is 0 Å². The summed E-state index contributed by atoms with van der Waals surface area (Å²) in [6.07, 6.45) is 1.46. The second-order valence-corrected chi connectivity index (χ2v) is 5.59. The molecule has 116 valence electrons. The number of hydrogen-bond donors (Lipinski definition) is 2. The molecule has 0 unspecified atom stereocenters. The van der Waals surface area contributed by atoms with Crippen LogP contribution in [-0.2, 0) is 11.2 Å². The van der Waals surface area contributed by atoms with Crippen molar-refractivity contribution in [1.29, 1.82) is 0 Å². The first-order valence-electron chi connectivity index (χ1n) is 7.78. The zero-order valence-electron chi connectivity index (χ0n) is 13.6. The Morgan fingerprint density at radius 1 is 1.05 bits per heavy atom. The molecule has 0 fully saturated rings. The number of nitrogens with one attached hydrogen (secondary N) is 2. The molecule has 0 aromatic heterocycles. The van der Waals surface area contributed by atoms with Gasteiger partial charge in [-0.3, -0.25) is 4.79 Å². The molecule has 0 aliphatic rings. The quantitative estimate of drug-likeness (QED) is 0.834. The third-order valence-electron chi connectivity index (χ3n) is 3.70. The minimum atomic E-state index is 0.0292. The van der Waals surface area contributed by atoms with E-state index in [-0.39, 0.29) is 5.91 Å². The number of anilines is 2. The number of amides is 1. The van der Waals surface area contributed by atoms with Crippen molar-refractivity contribution in [3.63, 3.8) is 0 Å². The molecule has 0 heterocycles. The Bertz CT molecular complexity index is 632. The second-order valence-electron chi connectivity index (χ2n) is 5.59. The molecule has 0 saturated carbocycles. The van der Waals surface area contributed by atoms with Gasteiger partial charge in [0.15, 0.2) is 0 Å². The third-order valence-corrected chi connectivity index (χ3v) is 3.70. The number of hydrogen-bond acceptors (Lipinski definition) is 2. The maximum Gasteiger partial charge on any atom is 0.226 e. The summed E-state index contributed by atoms with van der Waals surface area (Å²) in [5.41, 5.74) is 5.67. The lowest BCUT2D eigenvalue weighted by molar-refractivity contribution is -0.115. The van der Waals surface area contributed by atoms with Crippen LogP contribution in [0.1, 0.15) is 30.0 Å². The Hall–Kier alpha value is -2.29. The lowest BCUT2D eigenvalue weighted by Crippen LogP contribution is -2.16. The van der Waals surface area contributed by atoms with Gasteiger partial charge in [0.2, 0.25) is 5.91 Å². The highest BCUT2D eigenvalue weighted by Crippen LogP contribution is 2.16. The summed E-state index contributed by atoms with van der Waals surface area (Å²) in [4.78, 5) is 11.9. The van der Waals surface area contributed by atoms with E-state index in [1.165, 1.54) is 16.7 Å². The van der Waals surface area contributed by atoms with Crippen LogP contribution >= 0.6 is 0 Å². The van der Waals surface area contributed by atoms with Crippen molar-refractivity contribution in [2.45, 2.75) is 33.6 Å². The Morgan fingerprint density at radius 3 is 2.41 bits per heavy atom. The molecule has 0 aliphatic heterocycles. The molecule has 0 bridgehead atoms. The first-order valence-corrected chi connectivity index (χ1v) is 7.78. The molecule has 3 nitrogen and oxygen atoms in total. The fourth-order valence-corrected chi connectivity index (χ4v) is 2.37. The number of aryl methyl sites for hydroxylation is 3. The second kappa shape index (κ2) is 7.64. The van der Waals surface area contributed by atoms with Crippen molar-refractivity contribution >= 4 is 17.3 Å². The Kier molecular flexibility index (Phi) is 5.59. The highest BCUT2D eigenvalue weighted by Gasteiger charge is 2.03. The van der Waals surface area contributed by atoms with Gasteiger partial charge < -0.3 is 10.6 Å². The molecule has 2 rings (SSSR count). The molecule has 2 N–H and O–H groups in total. The highest BCUT2D eigenvalue weighted by molar-refractivity contribution is 5.91. The minimum Gasteiger partial charge on any atom is -0.384 e. The molecule has 0 radical (unpaired) electrons. The first kappa shape index (κ1) is 16.1. The van der Waals surface area contributed by atoms with E-state index < -0.39 is 0 Å². The molecule has 1 amide bonds. The van der Waals surface area contributed by atoms with Gasteiger partial charge in [0, 0.05) is 24.3 Å². The SMILES string of the molecule is CCc1ccc(NC(=O)CCNc2ccc(C)cc2C)cc1. The fourth-order valence-electron chi connectivity index (χ4n) is 2.37. The predicted molar refractivity (Wildman–Crippen MR) is 93.5 cm³/mol. The molecule has 0 aliphatic carbocycles. The van der Waals surface area contributed by atoms with Crippen LogP contribution in [0, 0.1) is 13.8 Å². The Balaban J connectivity index is 1.79. The van der Waals surface area contributed by atoms with Gasteiger partial charge in [-0.15, -0.1) is 0 Å². The van der Waals surface area contributed by atoms with Crippen molar-refractivity contribution in [1.82, 2.24) is 0 Å². The van der Waals surface area contributed by atoms with Gasteiger partial charge >= 0.3 is 0 Å². The highest BCUT2D eigenvalue weighted by atomic mass is 16.1. The van der Waals surface area contributed by atoms with Gasteiger partial charge in [0.05, 0.1) is 0 Å². The summed E-state index contributed by atoms with van der Waals surface area (Å²) < 4.78 is 0. The number of carbonyl (C=O) groups excluding carboxylic acids is 1. The predicted octanol–water partition coefficient (Wildman–Crippen LogP) is 4.31. The van der Waals surface area contributed by atoms with Crippen LogP contribution in [0.4, 0.5) is 11.4 Å². The van der Waals surface area contributed by atoms with Gasteiger partial charge in [0.1, 0.15) is 0 Å². The van der Waals surface area contributed by atoms with E-state index in [0.29, 0.717) is 13.0 Å². The fraction of sp³-hybridized carbons (Fsp3) is 0.316. The lowest BCUT2D eigenvalue weighted by Gasteiger charge is -2.10. The summed E-state index contributed by atoms with van der Waals surface area (Å²) in [6.45, 7) is 6.90. The summed E-state index contributed by atoms with van der Waals surface area (Å²) >= 11 is 0. The smallest absolute Gasteiger partial charge is 0.226 e. The molecule has 2 aromatic carbocycles. The van der Waals surface area contributed by atoms with E-state index in [1.54, 1.807) is 0 Å². The summed E-state index contributed by atoms with van der Waals surface area (Å²) in [5, 5.41) is 6.24. The average Bonchev–Trinajstić information content (AvgIpc) is 2.50. The lowest BCUT2D eigenvalue weighted by atomic mass is 10.1. The van der Waals surface area contributed by atoms with Crippen LogP contribution in [0.15, 0.2) is 42.5 Å². The molecule has 2 aromatic rings. The molecule has 0 saturated heterocycles. The van der Waals surface area contributed by atoms with Crippen LogP contribution in [0.5, 0.6) is 0 Å². The average molecular weight is 296 g/mol. The zero-order chi connectivity index (χ0) is 15.9. The standard InChI is InChI=1S/C19H24N2O/c1-4-16-6-8-17(9-7-16)21-19(22)11-12-20-18-10-5-14(2)13-15(18)3/h5-10,13,20H,4,11-12H2,1-3H3,(H,21,22). The summed E-state index contributed by atoms with van der Waals surface area (Å²) in [6, 6.07) is 14.3. The first-order chi connectivity index (χ1) is 10.6. The minimum absolute atomic E-state index is 0.0292. The number of benzene rings is 2. The molecular formula is C19H24N2O. The molecule has 3 heteroatoms. The number of rotatable bonds is 6. The summed E-state index contributed by atoms with van der Waals surface area (Å²) in [7, 11) is 0. The van der Waals surface area contributed by atoms with Crippen molar-refractivity contribution in [3.05, 3.63) is 59.2 Å². The monoisotopic (exact) mass is 296 g/mol. The van der Waals surface area contributed by atoms with Crippen molar-refractivity contribution in [2.24, 2.45) is 0 Å². The van der Waals surface area contributed by atoms with E-state index >= 15 is 0 Å². The van der Waals surface area contributed by atoms with E-state index in [1.807, 2.05) is 24.3 Å². The summed E-state index contributed by atoms with van der Waals surface area (Å²) in [5.74, 6) is 0.0292. The van der Waals surface area contributed by atoms with Gasteiger partial charge in [0.25, 0.3) is 0 Å². The zero-order valence-corrected chi connectivity index (χ0v) is 13.6. The topological polar surface area (TPSA) is 41.1 Å². The van der Waals surface area contributed by atoms with Gasteiger partial charge in [-0.25, -0.2) is 0 Å². The van der Waals surface area contributed by atoms with E-state index in [9.17, 15) is 4.79 Å². The largest absolute Gasteiger partial charge is 0.384 e. The molecule has 0 spiro atoms. The number of carbonyl (C=O) groups is 1. The molecule has 22 heavy (non-hydrogen) atoms. The normalized spacial score (nSPS) is 10.3. The maximum atomic E-state index is 11.9. The molecule has 0 atom stereocenters. The van der Waals surface area contributed by atoms with Gasteiger partial charge in [-0.05, 0) is 49.6 Å². The molecular weight excluding hydrogens is 272 g/mol. The van der Waals surface area contributed by atoms with Crippen LogP contribution in [0.3, 0.4) is 0 Å². The van der Waals surface area contributed by atoms with Crippen molar-refractivity contribution in [3.8, 4) is 0 Å². The van der Waals surface area contributed by atoms with Crippen LogP contribution in [0.25, 0.3) is 0 Å². The van der Waals surface area contributed by atoms with E-state index in [2.05, 4.69) is 49.6 Å². The van der Waals surface area contributed by atoms with Gasteiger partial charge in [-0.1, -0.05) is 36.8 Å². The maximum absolute atomic E-state index is 11.9. The van der Waals surface area contributed by atoms with Gasteiger partial charge in [-0.2, -0.15) is 0 Å². The van der Waals surface area contributed by atoms with Crippen LogP contribution < -0.4 is 10.6 Å². The van der Waals surface area contributed by atoms with E-state index in [4.69, 9.17) is 0 Å². The van der Waals surface area contributed by atoms with Crippen molar-refractivity contribution < 1.29 is 4.79 Å². The Labute approximate surface area is 132 Å². The van der Waals surface area contributed by atoms with Crippen LogP contribution in [-0.4, -0.2) is 12.5 Å². The Morgan fingerprint density at radius 2 is 1.77 bits per heavy atom. The van der Waals surface area contributed by atoms with E-state index in [0.717, 1.165) is 17.8 Å². The third kappa shape index (κ3) is 4.62.